The third kappa shape index (κ3) is 1.63. The molecule has 2 fully saturated rings. The van der Waals surface area contributed by atoms with Gasteiger partial charge in [0.05, 0.1) is 11.1 Å². The molecule has 2 aromatic rings. The fourth-order valence-electron chi connectivity index (χ4n) is 4.15. The molecule has 2 saturated carbocycles. The molecular weight excluding hydrogens is 234 g/mol. The van der Waals surface area contributed by atoms with Crippen LogP contribution in [0.15, 0.2) is 30.3 Å². The Hall–Kier alpha value is -1.41. The van der Waals surface area contributed by atoms with Gasteiger partial charge >= 0.3 is 0 Å². The van der Waals surface area contributed by atoms with E-state index in [9.17, 15) is 5.11 Å². The minimum atomic E-state index is -0.581. The van der Waals surface area contributed by atoms with Crippen molar-refractivity contribution in [3.8, 4) is 0 Å². The Bertz CT molecular complexity index is 651. The van der Waals surface area contributed by atoms with Crippen LogP contribution < -0.4 is 0 Å². The lowest BCUT2D eigenvalue weighted by Gasteiger charge is -2.33. The highest BCUT2D eigenvalue weighted by Gasteiger charge is 2.50. The van der Waals surface area contributed by atoms with Gasteiger partial charge in [0, 0.05) is 11.1 Å². The first kappa shape index (κ1) is 11.4. The van der Waals surface area contributed by atoms with E-state index < -0.39 is 5.60 Å². The van der Waals surface area contributed by atoms with Crippen LogP contribution in [0.4, 0.5) is 0 Å². The molecule has 19 heavy (non-hydrogen) atoms. The van der Waals surface area contributed by atoms with Crippen molar-refractivity contribution in [3.05, 3.63) is 41.6 Å². The number of pyridine rings is 1. The summed E-state index contributed by atoms with van der Waals surface area (Å²) in [6.45, 7) is 2.01. The molecule has 4 rings (SSSR count). The second-order valence-electron chi connectivity index (χ2n) is 6.36. The zero-order valence-corrected chi connectivity index (χ0v) is 11.3. The molecule has 0 spiro atoms. The normalized spacial score (nSPS) is 33.2. The van der Waals surface area contributed by atoms with Crippen LogP contribution >= 0.6 is 0 Å². The van der Waals surface area contributed by atoms with Gasteiger partial charge in [-0.3, -0.25) is 4.98 Å². The summed E-state index contributed by atoms with van der Waals surface area (Å²) in [5.41, 5.74) is 2.58. The zero-order chi connectivity index (χ0) is 13.0. The van der Waals surface area contributed by atoms with Crippen LogP contribution in [-0.2, 0) is 5.60 Å². The second-order valence-corrected chi connectivity index (χ2v) is 6.36. The molecule has 2 nitrogen and oxygen atoms in total. The minimum Gasteiger partial charge on any atom is -0.385 e. The lowest BCUT2D eigenvalue weighted by atomic mass is 9.78. The third-order valence-corrected chi connectivity index (χ3v) is 5.14. The summed E-state index contributed by atoms with van der Waals surface area (Å²) in [6.07, 6.45) is 4.65. The van der Waals surface area contributed by atoms with Crippen LogP contribution in [0.5, 0.6) is 0 Å². The van der Waals surface area contributed by atoms with E-state index in [1.807, 2.05) is 13.0 Å². The van der Waals surface area contributed by atoms with Gasteiger partial charge in [0.2, 0.25) is 0 Å². The molecular formula is C17H19NO. The Morgan fingerprint density at radius 3 is 2.84 bits per heavy atom. The van der Waals surface area contributed by atoms with Gasteiger partial charge < -0.3 is 5.11 Å². The highest BCUT2D eigenvalue weighted by atomic mass is 16.3. The van der Waals surface area contributed by atoms with E-state index in [1.54, 1.807) is 0 Å². The van der Waals surface area contributed by atoms with Gasteiger partial charge in [0.15, 0.2) is 0 Å². The molecule has 0 aliphatic heterocycles. The maximum absolute atomic E-state index is 11.0. The summed E-state index contributed by atoms with van der Waals surface area (Å²) >= 11 is 0. The first-order valence-electron chi connectivity index (χ1n) is 7.25. The number of benzene rings is 1. The topological polar surface area (TPSA) is 33.1 Å². The van der Waals surface area contributed by atoms with Gasteiger partial charge in [0.1, 0.15) is 0 Å². The number of fused-ring (bicyclic) bond motifs is 3. The smallest absolute Gasteiger partial charge is 0.0927 e. The van der Waals surface area contributed by atoms with Crippen LogP contribution in [0.1, 0.15) is 36.9 Å². The molecule has 1 heterocycles. The van der Waals surface area contributed by atoms with Gasteiger partial charge in [-0.05, 0) is 68.2 Å². The molecule has 1 aromatic heterocycles. The van der Waals surface area contributed by atoms with Gasteiger partial charge in [-0.25, -0.2) is 0 Å². The molecule has 0 amide bonds. The van der Waals surface area contributed by atoms with Crippen molar-refractivity contribution in [2.24, 2.45) is 11.8 Å². The summed E-state index contributed by atoms with van der Waals surface area (Å²) in [5, 5.41) is 12.2. The van der Waals surface area contributed by atoms with Crippen molar-refractivity contribution in [2.75, 3.05) is 0 Å². The number of nitrogens with zero attached hydrogens (tertiary/aromatic N) is 1. The largest absolute Gasteiger partial charge is 0.385 e. The fraction of sp³-hybridized carbons (Fsp3) is 0.471. The van der Waals surface area contributed by atoms with Crippen LogP contribution in [0.25, 0.3) is 10.9 Å². The number of hydrogen-bond acceptors (Lipinski definition) is 2. The van der Waals surface area contributed by atoms with Crippen molar-refractivity contribution in [2.45, 2.75) is 38.2 Å². The predicted molar refractivity (Wildman–Crippen MR) is 75.8 cm³/mol. The second kappa shape index (κ2) is 3.80. The SMILES string of the molecule is Cc1ccc2cc(C3(O)CC4CCC3C4)ccc2n1. The fourth-order valence-corrected chi connectivity index (χ4v) is 4.15. The van der Waals surface area contributed by atoms with Gasteiger partial charge in [-0.2, -0.15) is 0 Å². The quantitative estimate of drug-likeness (QED) is 0.843. The van der Waals surface area contributed by atoms with Crippen molar-refractivity contribution >= 4 is 10.9 Å². The van der Waals surface area contributed by atoms with Crippen molar-refractivity contribution in [1.82, 2.24) is 4.98 Å². The summed E-state index contributed by atoms with van der Waals surface area (Å²) in [4.78, 5) is 4.53. The van der Waals surface area contributed by atoms with Crippen molar-refractivity contribution < 1.29 is 5.11 Å². The van der Waals surface area contributed by atoms with Crippen molar-refractivity contribution in [1.29, 1.82) is 0 Å². The Labute approximate surface area is 113 Å². The summed E-state index contributed by atoms with van der Waals surface area (Å²) in [5.74, 6) is 1.20. The molecule has 1 aromatic carbocycles. The Kier molecular flexibility index (Phi) is 2.28. The third-order valence-electron chi connectivity index (χ3n) is 5.14. The van der Waals surface area contributed by atoms with Gasteiger partial charge in [-0.1, -0.05) is 12.1 Å². The minimum absolute atomic E-state index is 0.466. The molecule has 3 atom stereocenters. The molecule has 0 saturated heterocycles. The Morgan fingerprint density at radius 2 is 2.11 bits per heavy atom. The van der Waals surface area contributed by atoms with E-state index in [-0.39, 0.29) is 0 Å². The maximum Gasteiger partial charge on any atom is 0.0927 e. The molecule has 1 N–H and O–H groups in total. The molecule has 2 heteroatoms. The van der Waals surface area contributed by atoms with Crippen LogP contribution in [-0.4, -0.2) is 10.1 Å². The first-order valence-corrected chi connectivity index (χ1v) is 7.25. The van der Waals surface area contributed by atoms with Crippen LogP contribution in [0.2, 0.25) is 0 Å². The summed E-state index contributed by atoms with van der Waals surface area (Å²) < 4.78 is 0. The Morgan fingerprint density at radius 1 is 1.21 bits per heavy atom. The Balaban J connectivity index is 1.81. The molecule has 2 bridgehead atoms. The van der Waals surface area contributed by atoms with E-state index in [0.717, 1.165) is 34.5 Å². The van der Waals surface area contributed by atoms with E-state index in [2.05, 4.69) is 29.2 Å². The molecule has 0 radical (unpaired) electrons. The highest BCUT2D eigenvalue weighted by molar-refractivity contribution is 5.79. The van der Waals surface area contributed by atoms with Crippen molar-refractivity contribution in [3.63, 3.8) is 0 Å². The summed E-state index contributed by atoms with van der Waals surface area (Å²) in [6, 6.07) is 10.4. The molecule has 2 aliphatic carbocycles. The summed E-state index contributed by atoms with van der Waals surface area (Å²) in [7, 11) is 0. The predicted octanol–water partition coefficient (Wildman–Crippen LogP) is 3.55. The first-order chi connectivity index (χ1) is 9.15. The van der Waals surface area contributed by atoms with Gasteiger partial charge in [0.25, 0.3) is 0 Å². The van der Waals surface area contributed by atoms with E-state index in [0.29, 0.717) is 5.92 Å². The molecule has 2 aliphatic rings. The number of hydrogen-bond donors (Lipinski definition) is 1. The van der Waals surface area contributed by atoms with E-state index in [1.165, 1.54) is 19.3 Å². The van der Waals surface area contributed by atoms with Crippen LogP contribution in [0.3, 0.4) is 0 Å². The number of aromatic nitrogens is 1. The molecule has 3 unspecified atom stereocenters. The average Bonchev–Trinajstić information content (AvgIpc) is 2.98. The number of aliphatic hydroxyl groups is 1. The molecule has 98 valence electrons. The highest BCUT2D eigenvalue weighted by Crippen LogP contribution is 2.55. The monoisotopic (exact) mass is 253 g/mol. The standard InChI is InChI=1S/C17H19NO/c1-11-2-4-13-9-15(6-7-16(13)18-11)17(19)10-12-3-5-14(17)8-12/h2,4,6-7,9,12,14,19H,3,5,8,10H2,1H3. The lowest BCUT2D eigenvalue weighted by molar-refractivity contribution is -0.0181. The maximum atomic E-state index is 11.0. The number of aryl methyl sites for hydroxylation is 1. The van der Waals surface area contributed by atoms with Gasteiger partial charge in [-0.15, -0.1) is 0 Å². The number of rotatable bonds is 1. The zero-order valence-electron chi connectivity index (χ0n) is 11.3. The lowest BCUT2D eigenvalue weighted by Crippen LogP contribution is -2.32. The van der Waals surface area contributed by atoms with E-state index >= 15 is 0 Å². The van der Waals surface area contributed by atoms with E-state index in [4.69, 9.17) is 0 Å². The van der Waals surface area contributed by atoms with Crippen LogP contribution in [0, 0.1) is 18.8 Å². The average molecular weight is 253 g/mol.